The molecule has 6 heteroatoms. The number of pyridine rings is 3. The number of hydrogen-bond acceptors (Lipinski definition) is 5. The molecule has 0 atom stereocenters. The molecule has 0 unspecified atom stereocenters. The van der Waals surface area contributed by atoms with Gasteiger partial charge < -0.3 is 0 Å². The van der Waals surface area contributed by atoms with Crippen molar-refractivity contribution in [2.75, 3.05) is 0 Å². The molecule has 0 N–H and O–H groups in total. The standard InChI is InChI=1S/C17H12N6/c1-2-8-20-15(3-1)23-16(13-4-9-18-10-5-13)21-22-17(23)14-6-11-19-12-7-14/h1-12H. The van der Waals surface area contributed by atoms with Crippen molar-refractivity contribution < 1.29 is 0 Å². The monoisotopic (exact) mass is 300 g/mol. The molecular formula is C17H12N6. The van der Waals surface area contributed by atoms with Gasteiger partial charge in [-0.15, -0.1) is 10.2 Å². The van der Waals surface area contributed by atoms with E-state index in [0.717, 1.165) is 28.6 Å². The van der Waals surface area contributed by atoms with E-state index in [-0.39, 0.29) is 0 Å². The lowest BCUT2D eigenvalue weighted by atomic mass is 10.2. The van der Waals surface area contributed by atoms with Gasteiger partial charge in [-0.05, 0) is 36.4 Å². The van der Waals surface area contributed by atoms with Crippen LogP contribution in [0.3, 0.4) is 0 Å². The molecule has 4 aromatic rings. The normalized spacial score (nSPS) is 10.6. The van der Waals surface area contributed by atoms with Crippen molar-refractivity contribution >= 4 is 0 Å². The fourth-order valence-corrected chi connectivity index (χ4v) is 2.36. The molecule has 23 heavy (non-hydrogen) atoms. The van der Waals surface area contributed by atoms with E-state index in [1.54, 1.807) is 31.0 Å². The lowest BCUT2D eigenvalue weighted by Crippen LogP contribution is -2.02. The third-order valence-corrected chi connectivity index (χ3v) is 3.42. The molecule has 0 radical (unpaired) electrons. The van der Waals surface area contributed by atoms with Crippen LogP contribution in [0.4, 0.5) is 0 Å². The third-order valence-electron chi connectivity index (χ3n) is 3.42. The number of nitrogens with zero attached hydrogens (tertiary/aromatic N) is 6. The molecule has 110 valence electrons. The Balaban J connectivity index is 1.97. The summed E-state index contributed by atoms with van der Waals surface area (Å²) in [4.78, 5) is 12.6. The van der Waals surface area contributed by atoms with Gasteiger partial charge in [0.2, 0.25) is 0 Å². The van der Waals surface area contributed by atoms with Crippen LogP contribution in [-0.4, -0.2) is 29.7 Å². The number of rotatable bonds is 3. The van der Waals surface area contributed by atoms with Crippen LogP contribution in [0.1, 0.15) is 0 Å². The maximum Gasteiger partial charge on any atom is 0.170 e. The zero-order chi connectivity index (χ0) is 15.5. The minimum Gasteiger partial charge on any atom is -0.265 e. The Labute approximate surface area is 132 Å². The van der Waals surface area contributed by atoms with Gasteiger partial charge in [-0.3, -0.25) is 14.5 Å². The summed E-state index contributed by atoms with van der Waals surface area (Å²) in [5, 5.41) is 8.73. The molecule has 0 aliphatic carbocycles. The Hall–Kier alpha value is -3.41. The van der Waals surface area contributed by atoms with Crippen LogP contribution < -0.4 is 0 Å². The van der Waals surface area contributed by atoms with Gasteiger partial charge in [-0.2, -0.15) is 0 Å². The molecule has 4 heterocycles. The third kappa shape index (κ3) is 2.46. The van der Waals surface area contributed by atoms with Gasteiger partial charge in [0, 0.05) is 42.1 Å². The van der Waals surface area contributed by atoms with Gasteiger partial charge in [-0.25, -0.2) is 4.98 Å². The van der Waals surface area contributed by atoms with Crippen molar-refractivity contribution in [2.45, 2.75) is 0 Å². The summed E-state index contributed by atoms with van der Waals surface area (Å²) in [5.74, 6) is 2.20. The van der Waals surface area contributed by atoms with Gasteiger partial charge in [0.05, 0.1) is 0 Å². The largest absolute Gasteiger partial charge is 0.265 e. The van der Waals surface area contributed by atoms with Crippen molar-refractivity contribution in [3.05, 3.63) is 73.4 Å². The van der Waals surface area contributed by atoms with Crippen molar-refractivity contribution in [3.8, 4) is 28.6 Å². The minimum atomic E-state index is 0.720. The predicted molar refractivity (Wildman–Crippen MR) is 85.6 cm³/mol. The second kappa shape index (κ2) is 5.76. The highest BCUT2D eigenvalue weighted by molar-refractivity contribution is 5.65. The topological polar surface area (TPSA) is 69.4 Å². The van der Waals surface area contributed by atoms with Gasteiger partial charge >= 0.3 is 0 Å². The Bertz CT molecular complexity index is 847. The summed E-state index contributed by atoms with van der Waals surface area (Å²) in [6, 6.07) is 13.4. The molecule has 0 fully saturated rings. The first-order valence-corrected chi connectivity index (χ1v) is 7.11. The fourth-order valence-electron chi connectivity index (χ4n) is 2.36. The maximum absolute atomic E-state index is 4.45. The summed E-state index contributed by atoms with van der Waals surface area (Å²) in [6.07, 6.45) is 8.69. The van der Waals surface area contributed by atoms with E-state index in [9.17, 15) is 0 Å². The fraction of sp³-hybridized carbons (Fsp3) is 0. The molecule has 0 bridgehead atoms. The Morgan fingerprint density at radius 1 is 0.609 bits per heavy atom. The van der Waals surface area contributed by atoms with E-state index in [0.29, 0.717) is 0 Å². The molecular weight excluding hydrogens is 288 g/mol. The van der Waals surface area contributed by atoms with Gasteiger partial charge in [0.15, 0.2) is 11.6 Å². The molecule has 0 aliphatic rings. The van der Waals surface area contributed by atoms with E-state index >= 15 is 0 Å². The van der Waals surface area contributed by atoms with Gasteiger partial charge in [0.1, 0.15) is 5.82 Å². The average Bonchev–Trinajstić information content (AvgIpc) is 3.09. The summed E-state index contributed by atoms with van der Waals surface area (Å²) in [7, 11) is 0. The van der Waals surface area contributed by atoms with Crippen molar-refractivity contribution in [1.82, 2.24) is 29.7 Å². The summed E-state index contributed by atoms with van der Waals surface area (Å²) in [5.41, 5.74) is 1.86. The minimum absolute atomic E-state index is 0.720. The molecule has 0 aromatic carbocycles. The molecule has 0 amide bonds. The van der Waals surface area contributed by atoms with E-state index < -0.39 is 0 Å². The molecule has 0 aliphatic heterocycles. The highest BCUT2D eigenvalue weighted by Gasteiger charge is 2.17. The molecule has 0 saturated heterocycles. The van der Waals surface area contributed by atoms with E-state index in [1.807, 2.05) is 47.0 Å². The smallest absolute Gasteiger partial charge is 0.170 e. The van der Waals surface area contributed by atoms with Crippen LogP contribution in [0.15, 0.2) is 73.4 Å². The molecule has 6 nitrogen and oxygen atoms in total. The zero-order valence-corrected chi connectivity index (χ0v) is 12.1. The summed E-state index contributed by atoms with van der Waals surface area (Å²) in [6.45, 7) is 0. The molecule has 4 aromatic heterocycles. The van der Waals surface area contributed by atoms with E-state index in [1.165, 1.54) is 0 Å². The van der Waals surface area contributed by atoms with Gasteiger partial charge in [0.25, 0.3) is 0 Å². The second-order valence-electron chi connectivity index (χ2n) is 4.84. The van der Waals surface area contributed by atoms with Gasteiger partial charge in [-0.1, -0.05) is 6.07 Å². The van der Waals surface area contributed by atoms with Crippen LogP contribution in [0.25, 0.3) is 28.6 Å². The highest BCUT2D eigenvalue weighted by atomic mass is 15.3. The van der Waals surface area contributed by atoms with Crippen molar-refractivity contribution in [1.29, 1.82) is 0 Å². The second-order valence-corrected chi connectivity index (χ2v) is 4.84. The molecule has 0 spiro atoms. The van der Waals surface area contributed by atoms with Crippen LogP contribution in [0.2, 0.25) is 0 Å². The van der Waals surface area contributed by atoms with Crippen LogP contribution >= 0.6 is 0 Å². The summed E-state index contributed by atoms with van der Waals surface area (Å²) >= 11 is 0. The van der Waals surface area contributed by atoms with Crippen LogP contribution in [0, 0.1) is 0 Å². The number of aromatic nitrogens is 6. The van der Waals surface area contributed by atoms with Crippen LogP contribution in [-0.2, 0) is 0 Å². The van der Waals surface area contributed by atoms with Crippen molar-refractivity contribution in [3.63, 3.8) is 0 Å². The first-order valence-electron chi connectivity index (χ1n) is 7.11. The summed E-state index contributed by atoms with van der Waals surface area (Å²) < 4.78 is 1.94. The maximum atomic E-state index is 4.45. The van der Waals surface area contributed by atoms with Crippen molar-refractivity contribution in [2.24, 2.45) is 0 Å². The Morgan fingerprint density at radius 3 is 1.65 bits per heavy atom. The van der Waals surface area contributed by atoms with E-state index in [4.69, 9.17) is 0 Å². The average molecular weight is 300 g/mol. The molecule has 0 saturated carbocycles. The molecule has 4 rings (SSSR count). The zero-order valence-electron chi connectivity index (χ0n) is 12.1. The lowest BCUT2D eigenvalue weighted by molar-refractivity contribution is 1.00. The quantitative estimate of drug-likeness (QED) is 0.582. The highest BCUT2D eigenvalue weighted by Crippen LogP contribution is 2.26. The van der Waals surface area contributed by atoms with E-state index in [2.05, 4.69) is 25.1 Å². The SMILES string of the molecule is c1ccc(-n2c(-c3ccncc3)nnc2-c2ccncc2)nc1. The lowest BCUT2D eigenvalue weighted by Gasteiger charge is -2.09. The first-order chi connectivity index (χ1) is 11.4. The predicted octanol–water partition coefficient (Wildman–Crippen LogP) is 2.79. The van der Waals surface area contributed by atoms with Crippen LogP contribution in [0.5, 0.6) is 0 Å². The Morgan fingerprint density at radius 2 is 1.17 bits per heavy atom. The first kappa shape index (κ1) is 13.3. The Kier molecular flexibility index (Phi) is 3.32. The number of hydrogen-bond donors (Lipinski definition) is 0.